The van der Waals surface area contributed by atoms with Gasteiger partial charge in [0.05, 0.1) is 12.9 Å². The van der Waals surface area contributed by atoms with E-state index in [9.17, 15) is 0 Å². The number of hydrogen-bond donors (Lipinski definition) is 2. The van der Waals surface area contributed by atoms with Crippen molar-refractivity contribution < 1.29 is 51.8 Å². The van der Waals surface area contributed by atoms with Crippen LogP contribution in [0.2, 0.25) is 0 Å². The van der Waals surface area contributed by atoms with Crippen LogP contribution in [0, 0.1) is 6.92 Å². The van der Waals surface area contributed by atoms with Crippen LogP contribution < -0.4 is 34.3 Å². The van der Waals surface area contributed by atoms with Crippen molar-refractivity contribution in [3.63, 3.8) is 0 Å². The van der Waals surface area contributed by atoms with Gasteiger partial charge in [-0.15, -0.1) is 0 Å². The number of rotatable bonds is 1. The van der Waals surface area contributed by atoms with E-state index in [0.717, 1.165) is 11.3 Å². The summed E-state index contributed by atoms with van der Waals surface area (Å²) in [7, 11) is -3.02. The van der Waals surface area contributed by atoms with Crippen LogP contribution in [0.25, 0.3) is 0 Å². The third kappa shape index (κ3) is 13.8. The van der Waals surface area contributed by atoms with Crippen molar-refractivity contribution in [2.24, 2.45) is 0 Å². The smallest absolute Gasteiger partial charge is 0.499 e. The second-order valence-corrected chi connectivity index (χ2v) is 3.19. The molecule has 1 rings (SSSR count). The Bertz CT molecular complexity index is 351. The summed E-state index contributed by atoms with van der Waals surface area (Å²) < 4.78 is 36.5. The van der Waals surface area contributed by atoms with Gasteiger partial charge in [0.2, 0.25) is 0 Å². The van der Waals surface area contributed by atoms with Gasteiger partial charge < -0.3 is 4.74 Å². The van der Waals surface area contributed by atoms with E-state index < -0.39 is 10.4 Å². The Kier molecular flexibility index (Phi) is 9.13. The molecule has 1 aromatic carbocycles. The molecule has 0 aromatic heterocycles. The van der Waals surface area contributed by atoms with Gasteiger partial charge in [-0.25, -0.2) is 0 Å². The fourth-order valence-electron chi connectivity index (χ4n) is 0.626. The summed E-state index contributed by atoms with van der Waals surface area (Å²) in [6.07, 6.45) is 0. The summed E-state index contributed by atoms with van der Waals surface area (Å²) in [5.74, 6) is 0.877. The molecule has 0 heterocycles. The van der Waals surface area contributed by atoms with Crippen LogP contribution in [0.1, 0.15) is 5.56 Å². The average molecular weight is 242 g/mol. The molecule has 1 aromatic rings. The van der Waals surface area contributed by atoms with E-state index in [0.29, 0.717) is 0 Å². The van der Waals surface area contributed by atoms with Crippen LogP contribution in [0.4, 0.5) is 0 Å². The zero-order chi connectivity index (χ0) is 11.2. The van der Waals surface area contributed by atoms with E-state index >= 15 is 0 Å². The monoisotopic (exact) mass is 242 g/mol. The molecule has 2 N–H and O–H groups in total. The van der Waals surface area contributed by atoms with Crippen molar-refractivity contribution >= 4 is 10.4 Å². The first-order valence-corrected chi connectivity index (χ1v) is 4.88. The second-order valence-electron chi connectivity index (χ2n) is 2.30. The number of methoxy groups -OCH3 is 1. The summed E-state index contributed by atoms with van der Waals surface area (Å²) in [6.45, 7) is 3.74. The topological polar surface area (TPSA) is 83.8 Å². The minimum atomic E-state index is -4.67. The maximum Gasteiger partial charge on any atom is 1.00 e. The molecule has 0 aliphatic rings. The summed E-state index contributed by atoms with van der Waals surface area (Å²) in [6, 6.07) is 7.61. The van der Waals surface area contributed by atoms with Crippen LogP contribution in [0.15, 0.2) is 24.3 Å². The SMILES string of the molecule is O=S(=O)(O)O.[CH2-]c1ccc(OC)cc1.[Na+]. The zero-order valence-electron chi connectivity index (χ0n) is 8.54. The van der Waals surface area contributed by atoms with E-state index in [1.165, 1.54) is 0 Å². The molecule has 0 saturated carbocycles. The predicted octanol–water partition coefficient (Wildman–Crippen LogP) is -1.77. The van der Waals surface area contributed by atoms with Crippen molar-refractivity contribution in [2.75, 3.05) is 7.11 Å². The Morgan fingerprint density at radius 1 is 1.20 bits per heavy atom. The van der Waals surface area contributed by atoms with Gasteiger partial charge in [0.25, 0.3) is 0 Å². The zero-order valence-corrected chi connectivity index (χ0v) is 11.4. The molecule has 0 fully saturated rings. The Hall–Kier alpha value is -0.240. The molecule has 80 valence electrons. The van der Waals surface area contributed by atoms with Crippen molar-refractivity contribution in [1.29, 1.82) is 0 Å². The summed E-state index contributed by atoms with van der Waals surface area (Å²) in [5.41, 5.74) is 1.01. The molecule has 0 aliphatic carbocycles. The standard InChI is InChI=1S/C8H9O.Na.H2O4S/c1-7-3-5-8(9-2)6-4-7;;1-5(2,3)4/h3-6H,1H2,2H3;;(H2,1,2,3,4)/q-1;+1;. The molecule has 0 saturated heterocycles. The average Bonchev–Trinajstić information content (AvgIpc) is 2.03. The van der Waals surface area contributed by atoms with Crippen molar-refractivity contribution in [1.82, 2.24) is 0 Å². The Morgan fingerprint density at radius 3 is 1.80 bits per heavy atom. The summed E-state index contributed by atoms with van der Waals surface area (Å²) in [4.78, 5) is 0. The third-order valence-corrected chi connectivity index (χ3v) is 1.16. The fraction of sp³-hybridized carbons (Fsp3) is 0.125. The maximum atomic E-state index is 8.74. The molecule has 0 atom stereocenters. The molecular formula is C8H11NaO5S. The maximum absolute atomic E-state index is 8.74. The normalized spacial score (nSPS) is 9.27. The van der Waals surface area contributed by atoms with E-state index in [2.05, 4.69) is 6.92 Å². The van der Waals surface area contributed by atoms with E-state index in [1.807, 2.05) is 24.3 Å². The first kappa shape index (κ1) is 17.2. The molecule has 7 heteroatoms. The van der Waals surface area contributed by atoms with Crippen LogP contribution in [-0.4, -0.2) is 24.6 Å². The minimum absolute atomic E-state index is 0. The van der Waals surface area contributed by atoms with Gasteiger partial charge in [0.15, 0.2) is 0 Å². The first-order valence-electron chi connectivity index (χ1n) is 3.49. The molecule has 0 aliphatic heterocycles. The van der Waals surface area contributed by atoms with Crippen molar-refractivity contribution in [3.8, 4) is 5.75 Å². The Labute approximate surface area is 111 Å². The van der Waals surface area contributed by atoms with Crippen molar-refractivity contribution in [2.45, 2.75) is 0 Å². The number of benzene rings is 1. The van der Waals surface area contributed by atoms with Crippen LogP contribution >= 0.6 is 0 Å². The van der Waals surface area contributed by atoms with E-state index in [4.69, 9.17) is 22.3 Å². The van der Waals surface area contributed by atoms with Gasteiger partial charge in [-0.3, -0.25) is 9.11 Å². The van der Waals surface area contributed by atoms with Gasteiger partial charge in [-0.2, -0.15) is 33.0 Å². The van der Waals surface area contributed by atoms with E-state index in [-0.39, 0.29) is 29.6 Å². The fourth-order valence-corrected chi connectivity index (χ4v) is 0.626. The van der Waals surface area contributed by atoms with Gasteiger partial charge in [0, 0.05) is 0 Å². The van der Waals surface area contributed by atoms with Crippen LogP contribution in [0.3, 0.4) is 0 Å². The van der Waals surface area contributed by atoms with E-state index in [1.54, 1.807) is 7.11 Å². The van der Waals surface area contributed by atoms with Crippen LogP contribution in [-0.2, 0) is 10.4 Å². The molecule has 5 nitrogen and oxygen atoms in total. The predicted molar refractivity (Wildman–Crippen MR) is 51.6 cm³/mol. The number of ether oxygens (including phenoxy) is 1. The van der Waals surface area contributed by atoms with Crippen LogP contribution in [0.5, 0.6) is 5.75 Å². The van der Waals surface area contributed by atoms with Gasteiger partial charge >= 0.3 is 40.0 Å². The van der Waals surface area contributed by atoms with Gasteiger partial charge in [0.1, 0.15) is 0 Å². The quantitative estimate of drug-likeness (QED) is 0.346. The summed E-state index contributed by atoms with van der Waals surface area (Å²) in [5, 5.41) is 0. The Balaban J connectivity index is 0. The molecular weight excluding hydrogens is 231 g/mol. The number of hydrogen-bond acceptors (Lipinski definition) is 3. The molecule has 0 bridgehead atoms. The largest absolute Gasteiger partial charge is 1.00 e. The molecule has 15 heavy (non-hydrogen) atoms. The minimum Gasteiger partial charge on any atom is -0.499 e. The van der Waals surface area contributed by atoms with Gasteiger partial charge in [-0.1, -0.05) is 12.1 Å². The van der Waals surface area contributed by atoms with Crippen molar-refractivity contribution in [3.05, 3.63) is 36.8 Å². The molecule has 0 amide bonds. The molecule has 0 radical (unpaired) electrons. The molecule has 0 spiro atoms. The third-order valence-electron chi connectivity index (χ3n) is 1.16. The molecule has 0 unspecified atom stereocenters. The first-order chi connectivity index (χ1) is 6.33. The van der Waals surface area contributed by atoms with Gasteiger partial charge in [-0.05, 0) is 0 Å². The Morgan fingerprint density at radius 2 is 1.53 bits per heavy atom. The summed E-state index contributed by atoms with van der Waals surface area (Å²) >= 11 is 0. The second kappa shape index (κ2) is 7.98.